The molecule has 1 rings (SSSR count). The zero-order valence-corrected chi connectivity index (χ0v) is 17.5. The molecule has 1 aromatic rings. The predicted molar refractivity (Wildman–Crippen MR) is 109 cm³/mol. The number of nitrogens with one attached hydrogen (secondary N) is 2. The number of rotatable bonds is 10. The van der Waals surface area contributed by atoms with Crippen LogP contribution in [0, 0.1) is 0 Å². The molecule has 0 bridgehead atoms. The van der Waals surface area contributed by atoms with Crippen molar-refractivity contribution in [3.8, 4) is 0 Å². The number of ether oxygens (including phenoxy) is 1. The van der Waals surface area contributed by atoms with E-state index in [1.807, 2.05) is 37.3 Å². The van der Waals surface area contributed by atoms with Gasteiger partial charge in [-0.2, -0.15) is 13.2 Å². The SMILES string of the molecule is CCNC(=NCCN(C)CC(F)(F)F)NCCOCc1ccccc1.I. The Morgan fingerprint density at radius 3 is 2.50 bits per heavy atom. The molecule has 0 aliphatic carbocycles. The summed E-state index contributed by atoms with van der Waals surface area (Å²) in [5.74, 6) is 0.575. The van der Waals surface area contributed by atoms with Crippen LogP contribution in [0.5, 0.6) is 0 Å². The Morgan fingerprint density at radius 1 is 1.19 bits per heavy atom. The number of guanidine groups is 1. The molecule has 0 saturated heterocycles. The van der Waals surface area contributed by atoms with Gasteiger partial charge >= 0.3 is 6.18 Å². The van der Waals surface area contributed by atoms with Gasteiger partial charge in [0, 0.05) is 19.6 Å². The lowest BCUT2D eigenvalue weighted by molar-refractivity contribution is -0.142. The standard InChI is InChI=1S/C17H27F3N4O.HI/c1-3-21-16(22-9-11-24(2)14-17(18,19)20)23-10-12-25-13-15-7-5-4-6-8-15;/h4-8H,3,9-14H2,1-2H3,(H2,21,22,23);1H. The zero-order valence-electron chi connectivity index (χ0n) is 15.2. The Balaban J connectivity index is 0.00000625. The van der Waals surface area contributed by atoms with Crippen LogP contribution in [0.3, 0.4) is 0 Å². The van der Waals surface area contributed by atoms with Gasteiger partial charge in [-0.05, 0) is 19.5 Å². The molecule has 1 aromatic carbocycles. The smallest absolute Gasteiger partial charge is 0.375 e. The van der Waals surface area contributed by atoms with Crippen LogP contribution in [0.2, 0.25) is 0 Å². The lowest BCUT2D eigenvalue weighted by Gasteiger charge is -2.18. The molecule has 5 nitrogen and oxygen atoms in total. The van der Waals surface area contributed by atoms with Gasteiger partial charge in [0.25, 0.3) is 0 Å². The van der Waals surface area contributed by atoms with Gasteiger partial charge in [0.15, 0.2) is 5.96 Å². The zero-order chi connectivity index (χ0) is 18.5. The molecule has 0 aliphatic rings. The summed E-state index contributed by atoms with van der Waals surface area (Å²) in [6, 6.07) is 9.87. The van der Waals surface area contributed by atoms with Crippen molar-refractivity contribution in [2.45, 2.75) is 19.7 Å². The fourth-order valence-corrected chi connectivity index (χ4v) is 2.07. The maximum absolute atomic E-state index is 12.3. The van der Waals surface area contributed by atoms with Gasteiger partial charge in [-0.3, -0.25) is 9.89 Å². The number of alkyl halides is 3. The van der Waals surface area contributed by atoms with Crippen LogP contribution in [0.4, 0.5) is 13.2 Å². The topological polar surface area (TPSA) is 48.9 Å². The highest BCUT2D eigenvalue weighted by atomic mass is 127. The van der Waals surface area contributed by atoms with E-state index < -0.39 is 12.7 Å². The summed E-state index contributed by atoms with van der Waals surface area (Å²) in [6.07, 6.45) is -4.18. The second-order valence-electron chi connectivity index (χ2n) is 5.58. The predicted octanol–water partition coefficient (Wildman–Crippen LogP) is 2.87. The van der Waals surface area contributed by atoms with Gasteiger partial charge in [0.1, 0.15) is 0 Å². The minimum absolute atomic E-state index is 0. The van der Waals surface area contributed by atoms with Crippen molar-refractivity contribution in [3.05, 3.63) is 35.9 Å². The van der Waals surface area contributed by atoms with E-state index in [4.69, 9.17) is 4.74 Å². The van der Waals surface area contributed by atoms with Crippen molar-refractivity contribution >= 4 is 29.9 Å². The molecule has 0 aliphatic heterocycles. The van der Waals surface area contributed by atoms with Gasteiger partial charge in [0.2, 0.25) is 0 Å². The summed E-state index contributed by atoms with van der Waals surface area (Å²) >= 11 is 0. The third-order valence-corrected chi connectivity index (χ3v) is 3.20. The number of benzene rings is 1. The molecule has 26 heavy (non-hydrogen) atoms. The molecule has 0 atom stereocenters. The first kappa shape index (κ1) is 24.9. The van der Waals surface area contributed by atoms with Crippen molar-refractivity contribution in [2.24, 2.45) is 4.99 Å². The molecule has 2 N–H and O–H groups in total. The minimum atomic E-state index is -4.18. The van der Waals surface area contributed by atoms with Gasteiger partial charge in [-0.25, -0.2) is 0 Å². The van der Waals surface area contributed by atoms with E-state index in [1.165, 1.54) is 11.9 Å². The number of likely N-dealkylation sites (N-methyl/N-ethyl adjacent to an activating group) is 1. The normalized spacial score (nSPS) is 12.0. The number of halogens is 4. The van der Waals surface area contributed by atoms with Gasteiger partial charge in [0.05, 0.1) is 26.3 Å². The first-order chi connectivity index (χ1) is 11.9. The molecule has 0 amide bonds. The molecular formula is C17H28F3IN4O. The maximum Gasteiger partial charge on any atom is 0.401 e. The molecule has 9 heteroatoms. The lowest BCUT2D eigenvalue weighted by atomic mass is 10.2. The Morgan fingerprint density at radius 2 is 1.88 bits per heavy atom. The van der Waals surface area contributed by atoms with Crippen molar-refractivity contribution < 1.29 is 17.9 Å². The highest BCUT2D eigenvalue weighted by molar-refractivity contribution is 14.0. The van der Waals surface area contributed by atoms with Crippen molar-refractivity contribution in [2.75, 3.05) is 46.4 Å². The van der Waals surface area contributed by atoms with Crippen LogP contribution in [0.25, 0.3) is 0 Å². The summed E-state index contributed by atoms with van der Waals surface area (Å²) in [7, 11) is 1.43. The number of nitrogens with zero attached hydrogens (tertiary/aromatic N) is 2. The van der Waals surface area contributed by atoms with E-state index in [2.05, 4.69) is 15.6 Å². The second kappa shape index (κ2) is 14.0. The summed E-state index contributed by atoms with van der Waals surface area (Å²) < 4.78 is 42.3. The fourth-order valence-electron chi connectivity index (χ4n) is 2.07. The Kier molecular flexibility index (Phi) is 13.5. The summed E-state index contributed by atoms with van der Waals surface area (Å²) in [4.78, 5) is 5.47. The van der Waals surface area contributed by atoms with Gasteiger partial charge in [-0.15, -0.1) is 24.0 Å². The average Bonchev–Trinajstić information content (AvgIpc) is 2.53. The van der Waals surface area contributed by atoms with Gasteiger partial charge < -0.3 is 15.4 Å². The molecule has 0 spiro atoms. The minimum Gasteiger partial charge on any atom is -0.375 e. The van der Waals surface area contributed by atoms with Crippen LogP contribution in [0.15, 0.2) is 35.3 Å². The lowest BCUT2D eigenvalue weighted by Crippen LogP contribution is -2.40. The van der Waals surface area contributed by atoms with E-state index in [-0.39, 0.29) is 37.1 Å². The maximum atomic E-state index is 12.3. The molecular weight excluding hydrogens is 460 g/mol. The molecule has 0 fully saturated rings. The van der Waals surface area contributed by atoms with Crippen molar-refractivity contribution in [3.63, 3.8) is 0 Å². The summed E-state index contributed by atoms with van der Waals surface area (Å²) in [5.41, 5.74) is 1.11. The molecule has 0 unspecified atom stereocenters. The third-order valence-electron chi connectivity index (χ3n) is 3.20. The number of hydrogen-bond acceptors (Lipinski definition) is 3. The van der Waals surface area contributed by atoms with Crippen LogP contribution < -0.4 is 10.6 Å². The Labute approximate surface area is 170 Å². The highest BCUT2D eigenvalue weighted by Crippen LogP contribution is 2.15. The highest BCUT2D eigenvalue weighted by Gasteiger charge is 2.28. The van der Waals surface area contributed by atoms with E-state index in [0.29, 0.717) is 32.3 Å². The molecule has 0 aromatic heterocycles. The quantitative estimate of drug-likeness (QED) is 0.230. The van der Waals surface area contributed by atoms with E-state index in [0.717, 1.165) is 5.56 Å². The van der Waals surface area contributed by atoms with E-state index >= 15 is 0 Å². The molecule has 150 valence electrons. The number of hydrogen-bond donors (Lipinski definition) is 2. The molecule has 0 saturated carbocycles. The first-order valence-electron chi connectivity index (χ1n) is 8.30. The Bertz CT molecular complexity index is 501. The van der Waals surface area contributed by atoms with Crippen molar-refractivity contribution in [1.29, 1.82) is 0 Å². The van der Waals surface area contributed by atoms with E-state index in [1.54, 1.807) is 0 Å². The average molecular weight is 488 g/mol. The van der Waals surface area contributed by atoms with Crippen molar-refractivity contribution in [1.82, 2.24) is 15.5 Å². The second-order valence-corrected chi connectivity index (χ2v) is 5.58. The van der Waals surface area contributed by atoms with Gasteiger partial charge in [-0.1, -0.05) is 30.3 Å². The molecule has 0 radical (unpaired) electrons. The monoisotopic (exact) mass is 488 g/mol. The third kappa shape index (κ3) is 13.2. The van der Waals surface area contributed by atoms with E-state index in [9.17, 15) is 13.2 Å². The number of aliphatic imine (C=N–C) groups is 1. The summed E-state index contributed by atoms with van der Waals surface area (Å²) in [5, 5.41) is 6.16. The largest absolute Gasteiger partial charge is 0.401 e. The summed E-state index contributed by atoms with van der Waals surface area (Å²) in [6.45, 7) is 3.81. The first-order valence-corrected chi connectivity index (χ1v) is 8.30. The van der Waals surface area contributed by atoms with Crippen LogP contribution >= 0.6 is 24.0 Å². The van der Waals surface area contributed by atoms with Crippen LogP contribution in [0.1, 0.15) is 12.5 Å². The van der Waals surface area contributed by atoms with Crippen LogP contribution in [-0.4, -0.2) is 63.4 Å². The Hall–Kier alpha value is -1.07. The molecule has 0 heterocycles. The fraction of sp³-hybridized carbons (Fsp3) is 0.588. The van der Waals surface area contributed by atoms with Crippen LogP contribution in [-0.2, 0) is 11.3 Å².